The average Bonchev–Trinajstić information content (AvgIpc) is 3.22. The minimum Gasteiger partial charge on any atom is -0.320 e. The Kier molecular flexibility index (Phi) is 4.29. The zero-order valence-corrected chi connectivity index (χ0v) is 13.3. The molecule has 0 spiro atoms. The van der Waals surface area contributed by atoms with E-state index in [0.717, 1.165) is 11.3 Å². The van der Waals surface area contributed by atoms with Crippen molar-refractivity contribution in [1.29, 1.82) is 0 Å². The second-order valence-corrected chi connectivity index (χ2v) is 5.46. The van der Waals surface area contributed by atoms with Gasteiger partial charge in [0.2, 0.25) is 5.91 Å². The molecule has 1 atom stereocenters. The molecule has 6 nitrogen and oxygen atoms in total. The Morgan fingerprint density at radius 1 is 1.33 bits per heavy atom. The fourth-order valence-corrected chi connectivity index (χ4v) is 2.63. The number of nitrogens with zero attached hydrogens (tertiary/aromatic N) is 3. The van der Waals surface area contributed by atoms with E-state index in [2.05, 4.69) is 17.0 Å². The van der Waals surface area contributed by atoms with E-state index in [4.69, 9.17) is 0 Å². The molecule has 2 aromatic rings. The summed E-state index contributed by atoms with van der Waals surface area (Å²) < 4.78 is 1.61. The van der Waals surface area contributed by atoms with Gasteiger partial charge >= 0.3 is 0 Å². The third kappa shape index (κ3) is 2.99. The first-order chi connectivity index (χ1) is 11.6. The Labute approximate surface area is 140 Å². The maximum atomic E-state index is 12.5. The van der Waals surface area contributed by atoms with Gasteiger partial charge in [-0.2, -0.15) is 5.10 Å². The fraction of sp³-hybridized carbons (Fsp3) is 0.167. The third-order valence-electron chi connectivity index (χ3n) is 3.88. The summed E-state index contributed by atoms with van der Waals surface area (Å²) in [6.07, 6.45) is 4.72. The molecule has 0 aliphatic carbocycles. The van der Waals surface area contributed by atoms with Gasteiger partial charge in [-0.3, -0.25) is 14.3 Å². The Morgan fingerprint density at radius 3 is 2.79 bits per heavy atom. The van der Waals surface area contributed by atoms with Gasteiger partial charge in [0.25, 0.3) is 5.91 Å². The van der Waals surface area contributed by atoms with E-state index in [0.29, 0.717) is 12.4 Å². The van der Waals surface area contributed by atoms with Crippen molar-refractivity contribution in [3.05, 3.63) is 61.2 Å². The monoisotopic (exact) mass is 322 g/mol. The summed E-state index contributed by atoms with van der Waals surface area (Å²) in [5.74, 6) is 0.0295. The SMILES string of the molecule is C=CC(=O)N1CC=C[C@H]1C(=O)Nc1cc(-c2ccccc2)nn1C. The number of anilines is 1. The highest BCUT2D eigenvalue weighted by Gasteiger charge is 2.29. The molecule has 0 bridgehead atoms. The molecule has 24 heavy (non-hydrogen) atoms. The summed E-state index contributed by atoms with van der Waals surface area (Å²) in [5.41, 5.74) is 1.74. The molecule has 1 aromatic carbocycles. The maximum Gasteiger partial charge on any atom is 0.252 e. The van der Waals surface area contributed by atoms with Crippen molar-refractivity contribution in [1.82, 2.24) is 14.7 Å². The largest absolute Gasteiger partial charge is 0.320 e. The summed E-state index contributed by atoms with van der Waals surface area (Å²) in [6.45, 7) is 3.88. The number of benzene rings is 1. The zero-order valence-electron chi connectivity index (χ0n) is 13.3. The molecule has 2 heterocycles. The van der Waals surface area contributed by atoms with Gasteiger partial charge in [-0.1, -0.05) is 49.1 Å². The molecule has 2 amide bonds. The maximum absolute atomic E-state index is 12.5. The van der Waals surface area contributed by atoms with Crippen LogP contribution in [0, 0.1) is 0 Å². The Bertz CT molecular complexity index is 808. The van der Waals surface area contributed by atoms with Gasteiger partial charge in [0.15, 0.2) is 0 Å². The van der Waals surface area contributed by atoms with Crippen molar-refractivity contribution in [2.24, 2.45) is 7.05 Å². The minimum absolute atomic E-state index is 0.268. The summed E-state index contributed by atoms with van der Waals surface area (Å²) in [7, 11) is 1.76. The lowest BCUT2D eigenvalue weighted by atomic mass is 10.1. The third-order valence-corrected chi connectivity index (χ3v) is 3.88. The second kappa shape index (κ2) is 6.54. The number of aryl methyl sites for hydroxylation is 1. The van der Waals surface area contributed by atoms with Gasteiger partial charge in [0, 0.05) is 25.2 Å². The first-order valence-electron chi connectivity index (χ1n) is 7.60. The topological polar surface area (TPSA) is 67.2 Å². The molecule has 1 aromatic heterocycles. The van der Waals surface area contributed by atoms with Gasteiger partial charge in [-0.15, -0.1) is 0 Å². The van der Waals surface area contributed by atoms with Gasteiger partial charge < -0.3 is 10.2 Å². The summed E-state index contributed by atoms with van der Waals surface area (Å²) in [6, 6.07) is 10.9. The quantitative estimate of drug-likeness (QED) is 0.691. The Balaban J connectivity index is 1.78. The summed E-state index contributed by atoms with van der Waals surface area (Å²) in [5, 5.41) is 7.25. The van der Waals surface area contributed by atoms with Crippen LogP contribution in [0.1, 0.15) is 0 Å². The molecule has 0 saturated carbocycles. The number of nitrogens with one attached hydrogen (secondary N) is 1. The normalized spacial score (nSPS) is 16.2. The number of hydrogen-bond donors (Lipinski definition) is 1. The van der Waals surface area contributed by atoms with Crippen LogP contribution in [-0.2, 0) is 16.6 Å². The predicted molar refractivity (Wildman–Crippen MR) is 92.1 cm³/mol. The lowest BCUT2D eigenvalue weighted by Gasteiger charge is -2.22. The van der Waals surface area contributed by atoms with Crippen LogP contribution in [0.3, 0.4) is 0 Å². The number of carbonyl (C=O) groups is 2. The average molecular weight is 322 g/mol. The highest BCUT2D eigenvalue weighted by molar-refractivity contribution is 6.00. The molecule has 122 valence electrons. The van der Waals surface area contributed by atoms with Crippen molar-refractivity contribution in [2.75, 3.05) is 11.9 Å². The van der Waals surface area contributed by atoms with E-state index in [1.54, 1.807) is 23.9 Å². The number of hydrogen-bond acceptors (Lipinski definition) is 3. The van der Waals surface area contributed by atoms with Crippen LogP contribution in [0.4, 0.5) is 5.82 Å². The van der Waals surface area contributed by atoms with E-state index in [9.17, 15) is 9.59 Å². The van der Waals surface area contributed by atoms with Crippen LogP contribution in [0.15, 0.2) is 61.2 Å². The van der Waals surface area contributed by atoms with E-state index in [1.807, 2.05) is 36.4 Å². The fourth-order valence-electron chi connectivity index (χ4n) is 2.63. The molecule has 1 aliphatic rings. The minimum atomic E-state index is -0.634. The Hall–Kier alpha value is -3.15. The molecule has 1 aliphatic heterocycles. The molecular formula is C18H18N4O2. The van der Waals surface area contributed by atoms with Crippen LogP contribution in [0.5, 0.6) is 0 Å². The molecular weight excluding hydrogens is 304 g/mol. The van der Waals surface area contributed by atoms with Gasteiger partial charge in [-0.05, 0) is 6.08 Å². The number of aromatic nitrogens is 2. The van der Waals surface area contributed by atoms with Crippen molar-refractivity contribution in [3.8, 4) is 11.3 Å². The standard InChI is InChI=1S/C18H18N4O2/c1-3-17(23)22-11-7-10-15(22)18(24)19-16-12-14(20-21(16)2)13-8-5-4-6-9-13/h3-10,12,15H,1,11H2,2H3,(H,19,24)/t15-/m0/s1. The molecule has 6 heteroatoms. The van der Waals surface area contributed by atoms with E-state index < -0.39 is 6.04 Å². The predicted octanol–water partition coefficient (Wildman–Crippen LogP) is 1.98. The molecule has 0 fully saturated rings. The molecule has 3 rings (SSSR count). The van der Waals surface area contributed by atoms with Crippen molar-refractivity contribution in [3.63, 3.8) is 0 Å². The van der Waals surface area contributed by atoms with Crippen LogP contribution in [0.2, 0.25) is 0 Å². The molecule has 0 saturated heterocycles. The zero-order chi connectivity index (χ0) is 17.1. The number of carbonyl (C=O) groups excluding carboxylic acids is 2. The second-order valence-electron chi connectivity index (χ2n) is 5.46. The Morgan fingerprint density at radius 2 is 2.08 bits per heavy atom. The molecule has 0 unspecified atom stereocenters. The first kappa shape index (κ1) is 15.7. The first-order valence-corrected chi connectivity index (χ1v) is 7.60. The number of rotatable bonds is 4. The summed E-state index contributed by atoms with van der Waals surface area (Å²) >= 11 is 0. The van der Waals surface area contributed by atoms with Crippen molar-refractivity contribution >= 4 is 17.6 Å². The van der Waals surface area contributed by atoms with Crippen LogP contribution in [0.25, 0.3) is 11.3 Å². The highest BCUT2D eigenvalue weighted by atomic mass is 16.2. The molecule has 1 N–H and O–H groups in total. The van der Waals surface area contributed by atoms with Gasteiger partial charge in [-0.25, -0.2) is 0 Å². The van der Waals surface area contributed by atoms with Gasteiger partial charge in [0.1, 0.15) is 11.9 Å². The lowest BCUT2D eigenvalue weighted by Crippen LogP contribution is -2.43. The van der Waals surface area contributed by atoms with Crippen molar-refractivity contribution in [2.45, 2.75) is 6.04 Å². The van der Waals surface area contributed by atoms with Gasteiger partial charge in [0.05, 0.1) is 5.69 Å². The van der Waals surface area contributed by atoms with E-state index in [-0.39, 0.29) is 11.8 Å². The number of amides is 2. The van der Waals surface area contributed by atoms with E-state index >= 15 is 0 Å². The van der Waals surface area contributed by atoms with Crippen LogP contribution < -0.4 is 5.32 Å². The van der Waals surface area contributed by atoms with Crippen LogP contribution in [-0.4, -0.2) is 39.1 Å². The van der Waals surface area contributed by atoms with E-state index in [1.165, 1.54) is 11.0 Å². The highest BCUT2D eigenvalue weighted by Crippen LogP contribution is 2.21. The lowest BCUT2D eigenvalue weighted by molar-refractivity contribution is -0.131. The van der Waals surface area contributed by atoms with Crippen molar-refractivity contribution < 1.29 is 9.59 Å². The molecule has 0 radical (unpaired) electrons. The summed E-state index contributed by atoms with van der Waals surface area (Å²) in [4.78, 5) is 25.8. The van der Waals surface area contributed by atoms with Crippen LogP contribution >= 0.6 is 0 Å². The smallest absolute Gasteiger partial charge is 0.252 e.